The molecule has 1 aromatic rings. The van der Waals surface area contributed by atoms with E-state index < -0.39 is 40.7 Å². The summed E-state index contributed by atoms with van der Waals surface area (Å²) >= 11 is 0. The molecule has 0 amide bonds. The Morgan fingerprint density at radius 2 is 2.15 bits per heavy atom. The standard InChI is InChI=1S/C10H10F3N3O4/c1-2-15(5-10(11,12)13)8-7(16(19)20)3-6(4-14-8)9(17)18/h3-4H,2,5H2,1H3,(H,17,18). The highest BCUT2D eigenvalue weighted by atomic mass is 19.4. The molecule has 0 aliphatic heterocycles. The fourth-order valence-electron chi connectivity index (χ4n) is 1.49. The van der Waals surface area contributed by atoms with E-state index in [2.05, 4.69) is 4.98 Å². The number of aromatic nitrogens is 1. The lowest BCUT2D eigenvalue weighted by Crippen LogP contribution is -2.35. The molecule has 0 radical (unpaired) electrons. The number of anilines is 1. The van der Waals surface area contributed by atoms with Crippen molar-refractivity contribution in [1.29, 1.82) is 0 Å². The fourth-order valence-corrected chi connectivity index (χ4v) is 1.49. The van der Waals surface area contributed by atoms with Crippen LogP contribution in [0.3, 0.4) is 0 Å². The largest absolute Gasteiger partial charge is 0.478 e. The molecule has 0 aliphatic rings. The normalized spacial score (nSPS) is 11.2. The van der Waals surface area contributed by atoms with Crippen molar-refractivity contribution in [3.8, 4) is 0 Å². The van der Waals surface area contributed by atoms with Crippen molar-refractivity contribution in [2.45, 2.75) is 13.1 Å². The Balaban J connectivity index is 3.28. The Morgan fingerprint density at radius 3 is 2.55 bits per heavy atom. The summed E-state index contributed by atoms with van der Waals surface area (Å²) < 4.78 is 37.2. The van der Waals surface area contributed by atoms with Crippen LogP contribution in [0.1, 0.15) is 17.3 Å². The Hall–Kier alpha value is -2.39. The summed E-state index contributed by atoms with van der Waals surface area (Å²) in [5.41, 5.74) is -1.25. The van der Waals surface area contributed by atoms with Gasteiger partial charge in [0, 0.05) is 18.8 Å². The first-order chi connectivity index (χ1) is 9.15. The fraction of sp³-hybridized carbons (Fsp3) is 0.400. The van der Waals surface area contributed by atoms with E-state index in [9.17, 15) is 28.1 Å². The Bertz CT molecular complexity index is 533. The number of nitro groups is 1. The van der Waals surface area contributed by atoms with Gasteiger partial charge in [-0.25, -0.2) is 9.78 Å². The van der Waals surface area contributed by atoms with Gasteiger partial charge in [-0.3, -0.25) is 10.1 Å². The van der Waals surface area contributed by atoms with Gasteiger partial charge in [-0.05, 0) is 6.92 Å². The van der Waals surface area contributed by atoms with E-state index in [0.717, 1.165) is 6.20 Å². The van der Waals surface area contributed by atoms with Crippen molar-refractivity contribution in [2.24, 2.45) is 0 Å². The van der Waals surface area contributed by atoms with E-state index in [4.69, 9.17) is 5.11 Å². The summed E-state index contributed by atoms with van der Waals surface area (Å²) in [4.78, 5) is 24.7. The summed E-state index contributed by atoms with van der Waals surface area (Å²) in [6.45, 7) is -0.203. The number of carboxylic acids is 1. The smallest absolute Gasteiger partial charge is 0.405 e. The molecule has 0 saturated heterocycles. The number of halogens is 3. The molecule has 0 unspecified atom stereocenters. The summed E-state index contributed by atoms with van der Waals surface area (Å²) in [5, 5.41) is 19.6. The zero-order valence-electron chi connectivity index (χ0n) is 10.2. The Kier molecular flexibility index (Phi) is 4.48. The van der Waals surface area contributed by atoms with Crippen LogP contribution < -0.4 is 4.90 Å². The molecule has 0 bridgehead atoms. The van der Waals surface area contributed by atoms with Crippen LogP contribution in [0.15, 0.2) is 12.3 Å². The summed E-state index contributed by atoms with van der Waals surface area (Å²) in [7, 11) is 0. The molecule has 7 nitrogen and oxygen atoms in total. The monoisotopic (exact) mass is 293 g/mol. The molecule has 0 saturated carbocycles. The van der Waals surface area contributed by atoms with Crippen molar-refractivity contribution < 1.29 is 28.0 Å². The first-order valence-electron chi connectivity index (χ1n) is 5.35. The summed E-state index contributed by atoms with van der Waals surface area (Å²) in [5.74, 6) is -1.97. The molecule has 1 aromatic heterocycles. The van der Waals surface area contributed by atoms with Gasteiger partial charge in [0.25, 0.3) is 0 Å². The number of hydrogen-bond donors (Lipinski definition) is 1. The number of pyridine rings is 1. The minimum absolute atomic E-state index is 0.167. The molecule has 0 atom stereocenters. The number of alkyl halides is 3. The maximum atomic E-state index is 12.4. The van der Waals surface area contributed by atoms with Crippen LogP contribution in [0.2, 0.25) is 0 Å². The van der Waals surface area contributed by atoms with E-state index in [1.807, 2.05) is 0 Å². The van der Waals surface area contributed by atoms with E-state index >= 15 is 0 Å². The van der Waals surface area contributed by atoms with E-state index in [1.165, 1.54) is 6.92 Å². The first-order valence-corrected chi connectivity index (χ1v) is 5.35. The highest BCUT2D eigenvalue weighted by Crippen LogP contribution is 2.29. The van der Waals surface area contributed by atoms with Crippen LogP contribution in [0.5, 0.6) is 0 Å². The molecule has 0 aliphatic carbocycles. The van der Waals surface area contributed by atoms with Crippen LogP contribution in [-0.4, -0.2) is 40.2 Å². The average Bonchev–Trinajstić information content (AvgIpc) is 2.34. The second kappa shape index (κ2) is 5.72. The maximum Gasteiger partial charge on any atom is 0.405 e. The Morgan fingerprint density at radius 1 is 1.55 bits per heavy atom. The lowest BCUT2D eigenvalue weighted by Gasteiger charge is -2.22. The molecule has 20 heavy (non-hydrogen) atoms. The van der Waals surface area contributed by atoms with Crippen molar-refractivity contribution >= 4 is 17.5 Å². The van der Waals surface area contributed by atoms with Gasteiger partial charge in [-0.15, -0.1) is 0 Å². The van der Waals surface area contributed by atoms with Crippen molar-refractivity contribution in [1.82, 2.24) is 4.98 Å². The number of carboxylic acid groups (broad SMARTS) is 1. The van der Waals surface area contributed by atoms with Gasteiger partial charge in [0.1, 0.15) is 6.54 Å². The van der Waals surface area contributed by atoms with Gasteiger partial charge < -0.3 is 10.0 Å². The van der Waals surface area contributed by atoms with Crippen LogP contribution in [-0.2, 0) is 0 Å². The van der Waals surface area contributed by atoms with Crippen molar-refractivity contribution in [3.05, 3.63) is 27.9 Å². The highest BCUT2D eigenvalue weighted by molar-refractivity contribution is 5.88. The highest BCUT2D eigenvalue weighted by Gasteiger charge is 2.33. The molecule has 1 rings (SSSR count). The van der Waals surface area contributed by atoms with Crippen molar-refractivity contribution in [2.75, 3.05) is 18.0 Å². The molecule has 0 aromatic carbocycles. The molecule has 10 heteroatoms. The van der Waals surface area contributed by atoms with Crippen LogP contribution >= 0.6 is 0 Å². The number of rotatable bonds is 5. The molecule has 0 fully saturated rings. The van der Waals surface area contributed by atoms with Gasteiger partial charge in [0.15, 0.2) is 0 Å². The van der Waals surface area contributed by atoms with Crippen molar-refractivity contribution in [3.63, 3.8) is 0 Å². The maximum absolute atomic E-state index is 12.4. The molecule has 110 valence electrons. The second-order valence-electron chi connectivity index (χ2n) is 3.76. The summed E-state index contributed by atoms with van der Waals surface area (Å²) in [6, 6.07) is 0.684. The first kappa shape index (κ1) is 15.7. The molecule has 1 heterocycles. The zero-order valence-corrected chi connectivity index (χ0v) is 10.2. The van der Waals surface area contributed by atoms with Gasteiger partial charge in [0.05, 0.1) is 10.5 Å². The quantitative estimate of drug-likeness (QED) is 0.659. The number of hydrogen-bond acceptors (Lipinski definition) is 5. The second-order valence-corrected chi connectivity index (χ2v) is 3.76. The number of nitrogens with zero attached hydrogens (tertiary/aromatic N) is 3. The lowest BCUT2D eigenvalue weighted by atomic mass is 10.2. The molecular weight excluding hydrogens is 283 g/mol. The molecule has 1 N–H and O–H groups in total. The zero-order chi connectivity index (χ0) is 15.5. The van der Waals surface area contributed by atoms with Crippen LogP contribution in [0.4, 0.5) is 24.7 Å². The topological polar surface area (TPSA) is 96.6 Å². The minimum Gasteiger partial charge on any atom is -0.478 e. The number of aromatic carboxylic acids is 1. The van der Waals surface area contributed by atoms with Crippen LogP contribution in [0, 0.1) is 10.1 Å². The van der Waals surface area contributed by atoms with E-state index in [0.29, 0.717) is 11.0 Å². The Labute approximate surface area is 110 Å². The number of carbonyl (C=O) groups is 1. The van der Waals surface area contributed by atoms with E-state index in [-0.39, 0.29) is 6.54 Å². The van der Waals surface area contributed by atoms with Gasteiger partial charge >= 0.3 is 17.8 Å². The SMILES string of the molecule is CCN(CC(F)(F)F)c1ncc(C(=O)O)cc1[N+](=O)[O-]. The third-order valence-corrected chi connectivity index (χ3v) is 2.34. The van der Waals surface area contributed by atoms with Gasteiger partial charge in [-0.1, -0.05) is 0 Å². The molecular formula is C10H10F3N3O4. The average molecular weight is 293 g/mol. The predicted molar refractivity (Wildman–Crippen MR) is 61.8 cm³/mol. The molecule has 0 spiro atoms. The third kappa shape index (κ3) is 3.80. The minimum atomic E-state index is -4.56. The predicted octanol–water partition coefficient (Wildman–Crippen LogP) is 2.08. The van der Waals surface area contributed by atoms with Gasteiger partial charge in [-0.2, -0.15) is 13.2 Å². The van der Waals surface area contributed by atoms with E-state index in [1.54, 1.807) is 0 Å². The van der Waals surface area contributed by atoms with Crippen LogP contribution in [0.25, 0.3) is 0 Å². The summed E-state index contributed by atoms with van der Waals surface area (Å²) in [6.07, 6.45) is -3.78. The lowest BCUT2D eigenvalue weighted by molar-refractivity contribution is -0.384. The van der Waals surface area contributed by atoms with Gasteiger partial charge in [0.2, 0.25) is 5.82 Å². The third-order valence-electron chi connectivity index (χ3n) is 2.34.